The van der Waals surface area contributed by atoms with Crippen LogP contribution in [0.5, 0.6) is 0 Å². The lowest BCUT2D eigenvalue weighted by atomic mass is 9.76. The normalized spacial score (nSPS) is 24.0. The minimum absolute atomic E-state index is 0.0215. The van der Waals surface area contributed by atoms with Crippen molar-refractivity contribution in [3.05, 3.63) is 41.6 Å². The lowest BCUT2D eigenvalue weighted by molar-refractivity contribution is 0.101. The Bertz CT molecular complexity index is 913. The fraction of sp³-hybridized carbons (Fsp3) is 0.565. The maximum absolute atomic E-state index is 13.4. The van der Waals surface area contributed by atoms with Crippen LogP contribution in [0.15, 0.2) is 30.3 Å². The minimum atomic E-state index is -2.54. The van der Waals surface area contributed by atoms with Gasteiger partial charge in [0, 0.05) is 42.0 Å². The number of fused-ring (bicyclic) bond motifs is 2. The van der Waals surface area contributed by atoms with Gasteiger partial charge in [0.15, 0.2) is 5.82 Å². The third kappa shape index (κ3) is 3.58. The number of aliphatic hydroxyl groups is 1. The van der Waals surface area contributed by atoms with Crippen LogP contribution in [0.3, 0.4) is 0 Å². The molecule has 1 spiro atoms. The number of hydrogen-bond acceptors (Lipinski definition) is 5. The van der Waals surface area contributed by atoms with E-state index in [9.17, 15) is 13.9 Å². The van der Waals surface area contributed by atoms with E-state index in [4.69, 9.17) is 9.97 Å². The van der Waals surface area contributed by atoms with Crippen molar-refractivity contribution in [1.82, 2.24) is 14.9 Å². The molecule has 0 bridgehead atoms. The zero-order valence-corrected chi connectivity index (χ0v) is 17.1. The van der Waals surface area contributed by atoms with Crippen LogP contribution >= 0.6 is 0 Å². The number of hydrogen-bond donors (Lipinski definition) is 2. The Labute approximate surface area is 175 Å². The molecule has 2 N–H and O–H groups in total. The maximum Gasteiger partial charge on any atom is 0.253 e. The Morgan fingerprint density at radius 3 is 2.50 bits per heavy atom. The molecule has 1 aromatic carbocycles. The number of anilines is 1. The van der Waals surface area contributed by atoms with Gasteiger partial charge in [0.05, 0.1) is 12.3 Å². The fourth-order valence-electron chi connectivity index (χ4n) is 5.05. The summed E-state index contributed by atoms with van der Waals surface area (Å²) in [5, 5.41) is 12.5. The number of nitrogens with one attached hydrogen (secondary N) is 1. The fourth-order valence-corrected chi connectivity index (χ4v) is 5.05. The summed E-state index contributed by atoms with van der Waals surface area (Å²) in [6, 6.07) is 9.88. The summed E-state index contributed by atoms with van der Waals surface area (Å²) < 4.78 is 26.8. The van der Waals surface area contributed by atoms with Gasteiger partial charge in [-0.3, -0.25) is 0 Å². The second-order valence-electron chi connectivity index (χ2n) is 8.98. The summed E-state index contributed by atoms with van der Waals surface area (Å²) in [6.45, 7) is 3.04. The zero-order chi connectivity index (χ0) is 20.8. The van der Waals surface area contributed by atoms with Crippen molar-refractivity contribution in [2.75, 3.05) is 38.1 Å². The largest absolute Gasteiger partial charge is 0.395 e. The standard InChI is InChI=1S/C23H28F2N4O/c24-23(25)14-17(23)15-26-21-18-6-7-22(8-10-29(11-9-22)12-13-30)19(18)27-20(28-21)16-4-2-1-3-5-16/h1-5,17,30H,6-15H2,(H,26,27,28). The number of likely N-dealkylation sites (tertiary alicyclic amines) is 1. The molecule has 160 valence electrons. The minimum Gasteiger partial charge on any atom is -0.395 e. The molecule has 2 fully saturated rings. The molecule has 1 aromatic heterocycles. The highest BCUT2D eigenvalue weighted by Gasteiger charge is 2.56. The molecule has 1 saturated heterocycles. The summed E-state index contributed by atoms with van der Waals surface area (Å²) in [7, 11) is 0. The van der Waals surface area contributed by atoms with Crippen LogP contribution < -0.4 is 5.32 Å². The summed E-state index contributed by atoms with van der Waals surface area (Å²) in [4.78, 5) is 12.1. The third-order valence-corrected chi connectivity index (χ3v) is 7.10. The van der Waals surface area contributed by atoms with Crippen molar-refractivity contribution in [3.63, 3.8) is 0 Å². The quantitative estimate of drug-likeness (QED) is 0.758. The molecule has 3 aliphatic rings. The molecule has 2 aromatic rings. The number of β-amino-alcohol motifs (C(OH)–C–C–N with tert-alkyl or cyclic N) is 1. The van der Waals surface area contributed by atoms with E-state index in [1.54, 1.807) is 0 Å². The topological polar surface area (TPSA) is 61.3 Å². The van der Waals surface area contributed by atoms with Gasteiger partial charge in [-0.15, -0.1) is 0 Å². The molecule has 5 nitrogen and oxygen atoms in total. The Balaban J connectivity index is 1.47. The third-order valence-electron chi connectivity index (χ3n) is 7.10. The molecule has 1 saturated carbocycles. The number of alkyl halides is 2. The highest BCUT2D eigenvalue weighted by atomic mass is 19.3. The summed E-state index contributed by atoms with van der Waals surface area (Å²) in [5.74, 6) is -1.73. The van der Waals surface area contributed by atoms with Crippen molar-refractivity contribution >= 4 is 5.82 Å². The SMILES string of the molecule is OCCN1CCC2(CCc3c(NCC4CC4(F)F)nc(-c4ccccc4)nc32)CC1. The van der Waals surface area contributed by atoms with Gasteiger partial charge in [0.25, 0.3) is 5.92 Å². The molecule has 7 heteroatoms. The number of halogens is 2. The van der Waals surface area contributed by atoms with Crippen LogP contribution in [-0.4, -0.2) is 58.7 Å². The molecular formula is C23H28F2N4O. The summed E-state index contributed by atoms with van der Waals surface area (Å²) in [5.41, 5.74) is 3.17. The lowest BCUT2D eigenvalue weighted by Gasteiger charge is -2.39. The van der Waals surface area contributed by atoms with E-state index in [-0.39, 0.29) is 25.0 Å². The van der Waals surface area contributed by atoms with E-state index in [2.05, 4.69) is 10.2 Å². The number of nitrogens with zero attached hydrogens (tertiary/aromatic N) is 3. The monoisotopic (exact) mass is 414 g/mol. The van der Waals surface area contributed by atoms with Crippen molar-refractivity contribution in [1.29, 1.82) is 0 Å². The van der Waals surface area contributed by atoms with E-state index in [0.717, 1.165) is 61.4 Å². The maximum atomic E-state index is 13.4. The molecule has 30 heavy (non-hydrogen) atoms. The molecule has 1 unspecified atom stereocenters. The molecule has 5 rings (SSSR count). The van der Waals surface area contributed by atoms with E-state index < -0.39 is 11.8 Å². The van der Waals surface area contributed by atoms with Gasteiger partial charge in [-0.25, -0.2) is 18.7 Å². The molecule has 1 aliphatic heterocycles. The number of piperidine rings is 1. The van der Waals surface area contributed by atoms with Gasteiger partial charge in [-0.2, -0.15) is 0 Å². The smallest absolute Gasteiger partial charge is 0.253 e. The van der Waals surface area contributed by atoms with Crippen molar-refractivity contribution in [2.45, 2.75) is 43.4 Å². The highest BCUT2D eigenvalue weighted by molar-refractivity contribution is 5.62. The highest BCUT2D eigenvalue weighted by Crippen LogP contribution is 2.50. The molecule has 0 radical (unpaired) electrons. The van der Waals surface area contributed by atoms with Crippen LogP contribution in [0, 0.1) is 5.92 Å². The summed E-state index contributed by atoms with van der Waals surface area (Å²) >= 11 is 0. The Hall–Kier alpha value is -2.12. The van der Waals surface area contributed by atoms with Gasteiger partial charge in [-0.05, 0) is 38.8 Å². The first kappa shape index (κ1) is 19.8. The van der Waals surface area contributed by atoms with Crippen molar-refractivity contribution in [2.24, 2.45) is 5.92 Å². The van der Waals surface area contributed by atoms with E-state index in [0.29, 0.717) is 12.4 Å². The van der Waals surface area contributed by atoms with Gasteiger partial charge in [-0.1, -0.05) is 30.3 Å². The number of aliphatic hydroxyl groups excluding tert-OH is 1. The average Bonchev–Trinajstić information content (AvgIpc) is 3.23. The Morgan fingerprint density at radius 1 is 1.10 bits per heavy atom. The first-order valence-corrected chi connectivity index (χ1v) is 10.9. The average molecular weight is 415 g/mol. The Morgan fingerprint density at radius 2 is 1.83 bits per heavy atom. The van der Waals surface area contributed by atoms with Crippen LogP contribution in [0.4, 0.5) is 14.6 Å². The lowest BCUT2D eigenvalue weighted by Crippen LogP contribution is -2.43. The van der Waals surface area contributed by atoms with E-state index in [1.165, 1.54) is 0 Å². The Kier molecular flexibility index (Phi) is 4.98. The first-order chi connectivity index (χ1) is 14.5. The predicted octanol–water partition coefficient (Wildman–Crippen LogP) is 3.48. The van der Waals surface area contributed by atoms with E-state index in [1.807, 2.05) is 30.3 Å². The van der Waals surface area contributed by atoms with Gasteiger partial charge < -0.3 is 15.3 Å². The van der Waals surface area contributed by atoms with Crippen LogP contribution in [0.2, 0.25) is 0 Å². The number of aromatic nitrogens is 2. The first-order valence-electron chi connectivity index (χ1n) is 10.9. The number of benzene rings is 1. The second kappa shape index (κ2) is 7.54. The zero-order valence-electron chi connectivity index (χ0n) is 17.1. The predicted molar refractivity (Wildman–Crippen MR) is 112 cm³/mol. The van der Waals surface area contributed by atoms with Gasteiger partial charge in [0.1, 0.15) is 5.82 Å². The van der Waals surface area contributed by atoms with Gasteiger partial charge >= 0.3 is 0 Å². The van der Waals surface area contributed by atoms with Crippen molar-refractivity contribution in [3.8, 4) is 11.4 Å². The second-order valence-corrected chi connectivity index (χ2v) is 8.98. The molecule has 2 heterocycles. The molecular weight excluding hydrogens is 386 g/mol. The van der Waals surface area contributed by atoms with Crippen LogP contribution in [-0.2, 0) is 11.8 Å². The molecule has 2 aliphatic carbocycles. The number of rotatable bonds is 6. The van der Waals surface area contributed by atoms with E-state index >= 15 is 0 Å². The van der Waals surface area contributed by atoms with Crippen LogP contribution in [0.1, 0.15) is 36.9 Å². The molecule has 0 amide bonds. The van der Waals surface area contributed by atoms with Gasteiger partial charge in [0.2, 0.25) is 0 Å². The summed E-state index contributed by atoms with van der Waals surface area (Å²) in [6.07, 6.45) is 3.88. The molecule has 1 atom stereocenters. The van der Waals surface area contributed by atoms with Crippen LogP contribution in [0.25, 0.3) is 11.4 Å². The van der Waals surface area contributed by atoms with Crippen molar-refractivity contribution < 1.29 is 13.9 Å².